The number of anilines is 1. The Hall–Kier alpha value is -1.32. The molecule has 0 bridgehead atoms. The van der Waals surface area contributed by atoms with Gasteiger partial charge in [0.2, 0.25) is 0 Å². The van der Waals surface area contributed by atoms with E-state index in [4.69, 9.17) is 0 Å². The molecule has 2 aromatic carbocycles. The lowest BCUT2D eigenvalue weighted by Gasteiger charge is -2.41. The van der Waals surface area contributed by atoms with Gasteiger partial charge in [-0.1, -0.05) is 52.3 Å². The Kier molecular flexibility index (Phi) is 4.08. The summed E-state index contributed by atoms with van der Waals surface area (Å²) in [5.41, 5.74) is 2.65. The third kappa shape index (κ3) is 2.89. The monoisotopic (exact) mass is 330 g/mol. The molecule has 1 aliphatic heterocycles. The van der Waals surface area contributed by atoms with Gasteiger partial charge in [0.25, 0.3) is 0 Å². The molecular weight excluding hydrogens is 312 g/mol. The maximum atomic E-state index is 3.59. The molecule has 0 saturated carbocycles. The second kappa shape index (κ2) is 5.98. The summed E-state index contributed by atoms with van der Waals surface area (Å²) in [6.07, 6.45) is 0. The topological polar surface area (TPSA) is 15.3 Å². The predicted molar refractivity (Wildman–Crippen MR) is 88.1 cm³/mol. The lowest BCUT2D eigenvalue weighted by atomic mass is 10.0. The van der Waals surface area contributed by atoms with Gasteiger partial charge in [0, 0.05) is 29.3 Å². The van der Waals surface area contributed by atoms with Gasteiger partial charge in [0.1, 0.15) is 0 Å². The maximum absolute atomic E-state index is 3.59. The van der Waals surface area contributed by atoms with Gasteiger partial charge in [-0.05, 0) is 30.7 Å². The van der Waals surface area contributed by atoms with E-state index in [0.717, 1.165) is 17.6 Å². The number of benzene rings is 2. The minimum Gasteiger partial charge on any atom is -0.362 e. The highest BCUT2D eigenvalue weighted by atomic mass is 79.9. The van der Waals surface area contributed by atoms with Crippen LogP contribution in [-0.4, -0.2) is 19.1 Å². The van der Waals surface area contributed by atoms with Gasteiger partial charge in [0.15, 0.2) is 0 Å². The molecule has 3 rings (SSSR count). The molecule has 2 nitrogen and oxygen atoms in total. The van der Waals surface area contributed by atoms with Crippen molar-refractivity contribution in [3.63, 3.8) is 0 Å². The minimum atomic E-state index is 0.390. The van der Waals surface area contributed by atoms with Crippen molar-refractivity contribution in [2.45, 2.75) is 19.0 Å². The largest absolute Gasteiger partial charge is 0.362 e. The van der Waals surface area contributed by atoms with Crippen LogP contribution in [0.15, 0.2) is 59.1 Å². The minimum absolute atomic E-state index is 0.390. The molecule has 1 aliphatic rings. The summed E-state index contributed by atoms with van der Waals surface area (Å²) in [7, 11) is 0. The highest BCUT2D eigenvalue weighted by Crippen LogP contribution is 2.30. The van der Waals surface area contributed by atoms with Gasteiger partial charge in [-0.15, -0.1) is 0 Å². The van der Waals surface area contributed by atoms with Crippen molar-refractivity contribution in [3.8, 4) is 0 Å². The lowest BCUT2D eigenvalue weighted by molar-refractivity contribution is 0.416. The van der Waals surface area contributed by atoms with Crippen LogP contribution in [0.2, 0.25) is 0 Å². The van der Waals surface area contributed by atoms with E-state index in [1.54, 1.807) is 0 Å². The van der Waals surface area contributed by atoms with E-state index in [-0.39, 0.29) is 0 Å². The zero-order chi connectivity index (χ0) is 13.9. The van der Waals surface area contributed by atoms with Gasteiger partial charge in [-0.3, -0.25) is 0 Å². The molecule has 0 amide bonds. The van der Waals surface area contributed by atoms with Gasteiger partial charge in [0.05, 0.1) is 6.04 Å². The average molecular weight is 331 g/mol. The number of halogens is 1. The van der Waals surface area contributed by atoms with Crippen LogP contribution in [0.25, 0.3) is 0 Å². The molecule has 1 saturated heterocycles. The highest BCUT2D eigenvalue weighted by Gasteiger charge is 2.27. The van der Waals surface area contributed by atoms with E-state index in [9.17, 15) is 0 Å². The van der Waals surface area contributed by atoms with E-state index < -0.39 is 0 Å². The number of nitrogens with one attached hydrogen (secondary N) is 1. The van der Waals surface area contributed by atoms with Crippen LogP contribution in [-0.2, 0) is 0 Å². The number of nitrogens with zero attached hydrogens (tertiary/aromatic N) is 1. The molecule has 2 aromatic rings. The summed E-state index contributed by atoms with van der Waals surface area (Å²) in [6, 6.07) is 20.2. The van der Waals surface area contributed by atoms with Gasteiger partial charge in [-0.2, -0.15) is 0 Å². The molecule has 0 aromatic heterocycles. The van der Waals surface area contributed by atoms with Gasteiger partial charge >= 0.3 is 0 Å². The molecule has 0 radical (unpaired) electrons. The smallest absolute Gasteiger partial charge is 0.0667 e. The molecule has 104 valence electrons. The molecule has 1 fully saturated rings. The Bertz CT molecular complexity index is 570. The van der Waals surface area contributed by atoms with Crippen LogP contribution in [0.3, 0.4) is 0 Å². The van der Waals surface area contributed by atoms with Crippen molar-refractivity contribution in [1.82, 2.24) is 5.32 Å². The zero-order valence-corrected chi connectivity index (χ0v) is 13.2. The summed E-state index contributed by atoms with van der Waals surface area (Å²) in [4.78, 5) is 2.50. The molecule has 0 aliphatic carbocycles. The third-order valence-electron chi connectivity index (χ3n) is 3.83. The summed E-state index contributed by atoms with van der Waals surface area (Å²) in [5, 5.41) is 3.59. The number of hydrogen-bond donors (Lipinski definition) is 1. The van der Waals surface area contributed by atoms with E-state index in [0.29, 0.717) is 12.1 Å². The number of rotatable bonds is 2. The van der Waals surface area contributed by atoms with Crippen molar-refractivity contribution < 1.29 is 0 Å². The standard InChI is InChI=1S/C17H19BrN2/c1-13-12-20(16-9-5-8-15(18)10-16)17(11-19-13)14-6-3-2-4-7-14/h2-10,13,17,19H,11-12H2,1H3. The normalized spacial score (nSPS) is 22.8. The first-order valence-corrected chi connectivity index (χ1v) is 7.84. The van der Waals surface area contributed by atoms with E-state index in [2.05, 4.69) is 87.7 Å². The van der Waals surface area contributed by atoms with E-state index >= 15 is 0 Å². The average Bonchev–Trinajstić information content (AvgIpc) is 2.48. The van der Waals surface area contributed by atoms with Crippen LogP contribution in [0.5, 0.6) is 0 Å². The first-order chi connectivity index (χ1) is 9.74. The molecule has 0 spiro atoms. The molecule has 3 heteroatoms. The summed E-state index contributed by atoms with van der Waals surface area (Å²) >= 11 is 3.58. The van der Waals surface area contributed by atoms with Gasteiger partial charge < -0.3 is 10.2 Å². The molecule has 1 heterocycles. The van der Waals surface area contributed by atoms with Crippen molar-refractivity contribution in [2.75, 3.05) is 18.0 Å². The third-order valence-corrected chi connectivity index (χ3v) is 4.32. The van der Waals surface area contributed by atoms with Crippen LogP contribution in [0, 0.1) is 0 Å². The fourth-order valence-corrected chi connectivity index (χ4v) is 3.21. The molecule has 2 unspecified atom stereocenters. The van der Waals surface area contributed by atoms with Crippen LogP contribution >= 0.6 is 15.9 Å². The molecule has 2 atom stereocenters. The highest BCUT2D eigenvalue weighted by molar-refractivity contribution is 9.10. The zero-order valence-electron chi connectivity index (χ0n) is 11.6. The Morgan fingerprint density at radius 2 is 1.90 bits per heavy atom. The molecule has 1 N–H and O–H groups in total. The van der Waals surface area contributed by atoms with Crippen LogP contribution < -0.4 is 10.2 Å². The Labute approximate surface area is 128 Å². The van der Waals surface area contributed by atoms with Crippen LogP contribution in [0.4, 0.5) is 5.69 Å². The SMILES string of the molecule is CC1CN(c2cccc(Br)c2)C(c2ccccc2)CN1. The van der Waals surface area contributed by atoms with Crippen molar-refractivity contribution >= 4 is 21.6 Å². The van der Waals surface area contributed by atoms with Crippen molar-refractivity contribution in [3.05, 3.63) is 64.6 Å². The Morgan fingerprint density at radius 3 is 2.65 bits per heavy atom. The summed E-state index contributed by atoms with van der Waals surface area (Å²) in [6.45, 7) is 4.25. The first-order valence-electron chi connectivity index (χ1n) is 7.04. The Balaban J connectivity index is 1.95. The second-order valence-electron chi connectivity index (χ2n) is 5.37. The quantitative estimate of drug-likeness (QED) is 0.895. The summed E-state index contributed by atoms with van der Waals surface area (Å²) in [5.74, 6) is 0. The fourth-order valence-electron chi connectivity index (χ4n) is 2.82. The fraction of sp³-hybridized carbons (Fsp3) is 0.294. The number of hydrogen-bond acceptors (Lipinski definition) is 2. The second-order valence-corrected chi connectivity index (χ2v) is 6.28. The lowest BCUT2D eigenvalue weighted by Crippen LogP contribution is -2.51. The van der Waals surface area contributed by atoms with Crippen LogP contribution in [0.1, 0.15) is 18.5 Å². The van der Waals surface area contributed by atoms with Gasteiger partial charge in [-0.25, -0.2) is 0 Å². The van der Waals surface area contributed by atoms with Crippen molar-refractivity contribution in [1.29, 1.82) is 0 Å². The van der Waals surface area contributed by atoms with E-state index in [1.165, 1.54) is 11.3 Å². The Morgan fingerprint density at radius 1 is 1.10 bits per heavy atom. The van der Waals surface area contributed by atoms with E-state index in [1.807, 2.05) is 0 Å². The first kappa shape index (κ1) is 13.7. The maximum Gasteiger partial charge on any atom is 0.0667 e. The predicted octanol–water partition coefficient (Wildman–Crippen LogP) is 3.99. The van der Waals surface area contributed by atoms with Crippen molar-refractivity contribution in [2.24, 2.45) is 0 Å². The molecule has 20 heavy (non-hydrogen) atoms. The molecular formula is C17H19BrN2. The number of piperazine rings is 1. The summed E-state index contributed by atoms with van der Waals surface area (Å²) < 4.78 is 1.13.